The summed E-state index contributed by atoms with van der Waals surface area (Å²) in [7, 11) is -3.82. The lowest BCUT2D eigenvalue weighted by atomic mass is 10.1. The molecule has 180 valence electrons. The molecule has 2 N–H and O–H groups in total. The van der Waals surface area contributed by atoms with Gasteiger partial charge >= 0.3 is 0 Å². The van der Waals surface area contributed by atoms with Crippen molar-refractivity contribution in [3.05, 3.63) is 76.8 Å². The summed E-state index contributed by atoms with van der Waals surface area (Å²) in [5.41, 5.74) is 3.07. The van der Waals surface area contributed by atoms with Crippen molar-refractivity contribution in [1.29, 1.82) is 0 Å². The molecule has 0 bridgehead atoms. The fourth-order valence-corrected chi connectivity index (χ4v) is 5.33. The molecule has 0 aromatic heterocycles. The van der Waals surface area contributed by atoms with Crippen LogP contribution in [0.25, 0.3) is 0 Å². The zero-order chi connectivity index (χ0) is 24.3. The number of benzene rings is 3. The number of hydrogen-bond donors (Lipinski definition) is 1. The molecule has 9 heteroatoms. The summed E-state index contributed by atoms with van der Waals surface area (Å²) >= 11 is 7.70. The molecule has 0 unspecified atom stereocenters. The van der Waals surface area contributed by atoms with Gasteiger partial charge in [0.2, 0.25) is 10.0 Å². The van der Waals surface area contributed by atoms with Gasteiger partial charge in [-0.15, -0.1) is 11.8 Å². The minimum Gasteiger partial charge on any atom is -0.457 e. The van der Waals surface area contributed by atoms with Gasteiger partial charge in [0.15, 0.2) is 0 Å². The van der Waals surface area contributed by atoms with E-state index in [4.69, 9.17) is 21.5 Å². The second-order valence-corrected chi connectivity index (χ2v) is 11.1. The molecule has 6 nitrogen and oxygen atoms in total. The Kier molecular flexibility index (Phi) is 7.74. The van der Waals surface area contributed by atoms with E-state index in [9.17, 15) is 8.42 Å². The normalized spacial score (nSPS) is 14.9. The predicted molar refractivity (Wildman–Crippen MR) is 140 cm³/mol. The largest absolute Gasteiger partial charge is 0.457 e. The lowest BCUT2D eigenvalue weighted by Gasteiger charge is -2.36. The van der Waals surface area contributed by atoms with Crippen molar-refractivity contribution in [1.82, 2.24) is 4.90 Å². The van der Waals surface area contributed by atoms with Crippen LogP contribution in [0.5, 0.6) is 11.5 Å². The topological polar surface area (TPSA) is 75.9 Å². The van der Waals surface area contributed by atoms with Gasteiger partial charge in [0.1, 0.15) is 11.5 Å². The van der Waals surface area contributed by atoms with Gasteiger partial charge in [0, 0.05) is 53.9 Å². The third-order valence-electron chi connectivity index (χ3n) is 5.91. The fourth-order valence-electron chi connectivity index (χ4n) is 4.05. The molecule has 0 saturated carbocycles. The lowest BCUT2D eigenvalue weighted by Crippen LogP contribution is -2.46. The first-order valence-corrected chi connectivity index (χ1v) is 14.1. The summed E-state index contributed by atoms with van der Waals surface area (Å²) in [6, 6.07) is 18.6. The molecule has 0 radical (unpaired) electrons. The van der Waals surface area contributed by atoms with Gasteiger partial charge in [-0.3, -0.25) is 4.90 Å². The van der Waals surface area contributed by atoms with Crippen molar-refractivity contribution >= 4 is 39.1 Å². The number of thioether (sulfide) groups is 1. The standard InChI is InChI=1S/C25H28ClN3O3S2/c1-18-15-22(7-10-25(18)33-2)32-24-9-8-23(34(27,30)31)16-19(24)17-28-11-13-29(14-12-28)21-5-3-20(26)4-6-21/h3-10,15-16H,11-14,17H2,1-2H3,(H2,27,30,31). The van der Waals surface area contributed by atoms with Crippen LogP contribution in [0.4, 0.5) is 5.69 Å². The zero-order valence-corrected chi connectivity index (χ0v) is 21.6. The maximum atomic E-state index is 12.0. The molecule has 1 saturated heterocycles. The van der Waals surface area contributed by atoms with Crippen LogP contribution < -0.4 is 14.8 Å². The van der Waals surface area contributed by atoms with E-state index in [-0.39, 0.29) is 4.90 Å². The number of anilines is 1. The third-order valence-corrected chi connectivity index (χ3v) is 7.97. The fraction of sp³-hybridized carbons (Fsp3) is 0.280. The highest BCUT2D eigenvalue weighted by molar-refractivity contribution is 7.98. The van der Waals surface area contributed by atoms with E-state index in [1.807, 2.05) is 55.6 Å². The Morgan fingerprint density at radius 2 is 1.71 bits per heavy atom. The Balaban J connectivity index is 1.52. The van der Waals surface area contributed by atoms with Crippen LogP contribution >= 0.6 is 23.4 Å². The number of sulfonamides is 1. The second-order valence-electron chi connectivity index (χ2n) is 8.29. The van der Waals surface area contributed by atoms with Gasteiger partial charge in [-0.1, -0.05) is 11.6 Å². The van der Waals surface area contributed by atoms with Crippen LogP contribution in [-0.4, -0.2) is 45.8 Å². The van der Waals surface area contributed by atoms with Crippen molar-refractivity contribution < 1.29 is 13.2 Å². The molecule has 4 rings (SSSR count). The lowest BCUT2D eigenvalue weighted by molar-refractivity contribution is 0.247. The van der Waals surface area contributed by atoms with E-state index < -0.39 is 10.0 Å². The molecule has 3 aromatic rings. The van der Waals surface area contributed by atoms with Crippen LogP contribution in [-0.2, 0) is 16.6 Å². The highest BCUT2D eigenvalue weighted by atomic mass is 35.5. The minimum atomic E-state index is -3.82. The minimum absolute atomic E-state index is 0.0866. The smallest absolute Gasteiger partial charge is 0.238 e. The van der Waals surface area contributed by atoms with E-state index >= 15 is 0 Å². The number of primary sulfonamides is 1. The van der Waals surface area contributed by atoms with Crippen molar-refractivity contribution in [2.45, 2.75) is 23.3 Å². The number of rotatable bonds is 7. The Bertz CT molecular complexity index is 1260. The number of ether oxygens (including phenoxy) is 1. The molecule has 1 heterocycles. The van der Waals surface area contributed by atoms with E-state index in [0.717, 1.165) is 48.0 Å². The molecule has 1 fully saturated rings. The summed E-state index contributed by atoms with van der Waals surface area (Å²) in [6.07, 6.45) is 2.04. The monoisotopic (exact) mass is 517 g/mol. The van der Waals surface area contributed by atoms with Gasteiger partial charge < -0.3 is 9.64 Å². The number of halogens is 1. The first kappa shape index (κ1) is 24.9. The Morgan fingerprint density at radius 3 is 2.32 bits per heavy atom. The molecule has 0 spiro atoms. The highest BCUT2D eigenvalue weighted by Crippen LogP contribution is 2.32. The van der Waals surface area contributed by atoms with Crippen molar-refractivity contribution in [2.75, 3.05) is 37.3 Å². The van der Waals surface area contributed by atoms with E-state index in [1.165, 1.54) is 11.0 Å². The summed E-state index contributed by atoms with van der Waals surface area (Å²) in [5.74, 6) is 1.34. The quantitative estimate of drug-likeness (QED) is 0.438. The van der Waals surface area contributed by atoms with Gasteiger partial charge in [0.05, 0.1) is 4.90 Å². The van der Waals surface area contributed by atoms with Crippen molar-refractivity contribution in [2.24, 2.45) is 5.14 Å². The molecule has 34 heavy (non-hydrogen) atoms. The van der Waals surface area contributed by atoms with Crippen LogP contribution in [0.2, 0.25) is 5.02 Å². The SMILES string of the molecule is CSc1ccc(Oc2ccc(S(N)(=O)=O)cc2CN2CCN(c3ccc(Cl)cc3)CC2)cc1C. The number of hydrogen-bond acceptors (Lipinski definition) is 6. The molecule has 1 aliphatic heterocycles. The maximum absolute atomic E-state index is 12.0. The summed E-state index contributed by atoms with van der Waals surface area (Å²) < 4.78 is 30.2. The van der Waals surface area contributed by atoms with Crippen molar-refractivity contribution in [3.63, 3.8) is 0 Å². The molecule has 0 amide bonds. The Labute approximate surface area is 210 Å². The second kappa shape index (κ2) is 10.6. The Hall–Kier alpha value is -2.23. The summed E-state index contributed by atoms with van der Waals surface area (Å²) in [5, 5.41) is 6.13. The van der Waals surface area contributed by atoms with Gasteiger partial charge in [-0.25, -0.2) is 13.6 Å². The Morgan fingerprint density at radius 1 is 1.00 bits per heavy atom. The maximum Gasteiger partial charge on any atom is 0.238 e. The van der Waals surface area contributed by atoms with Gasteiger partial charge in [-0.2, -0.15) is 0 Å². The van der Waals surface area contributed by atoms with E-state index in [2.05, 4.69) is 9.80 Å². The number of nitrogens with two attached hydrogens (primary N) is 1. The van der Waals surface area contributed by atoms with Crippen LogP contribution in [0.1, 0.15) is 11.1 Å². The van der Waals surface area contributed by atoms with Crippen LogP contribution in [0, 0.1) is 6.92 Å². The molecular formula is C25H28ClN3O3S2. The molecule has 1 aliphatic rings. The molecule has 0 atom stereocenters. The predicted octanol–water partition coefficient (Wildman–Crippen LogP) is 5.13. The van der Waals surface area contributed by atoms with E-state index in [0.29, 0.717) is 18.0 Å². The average Bonchev–Trinajstić information content (AvgIpc) is 2.81. The number of piperazine rings is 1. The first-order chi connectivity index (χ1) is 16.2. The number of aryl methyl sites for hydroxylation is 1. The van der Waals surface area contributed by atoms with Gasteiger partial charge in [0.25, 0.3) is 0 Å². The number of nitrogens with zero attached hydrogens (tertiary/aromatic N) is 2. The molecule has 3 aromatic carbocycles. The van der Waals surface area contributed by atoms with Crippen LogP contribution in [0.15, 0.2) is 70.5 Å². The average molecular weight is 518 g/mol. The van der Waals surface area contributed by atoms with Crippen molar-refractivity contribution in [3.8, 4) is 11.5 Å². The summed E-state index contributed by atoms with van der Waals surface area (Å²) in [6.45, 7) is 6.01. The molecule has 0 aliphatic carbocycles. The molecular weight excluding hydrogens is 490 g/mol. The van der Waals surface area contributed by atoms with Gasteiger partial charge in [-0.05, 0) is 79.4 Å². The zero-order valence-electron chi connectivity index (χ0n) is 19.2. The van der Waals surface area contributed by atoms with Crippen LogP contribution in [0.3, 0.4) is 0 Å². The highest BCUT2D eigenvalue weighted by Gasteiger charge is 2.20. The van der Waals surface area contributed by atoms with E-state index in [1.54, 1.807) is 23.9 Å². The first-order valence-electron chi connectivity index (χ1n) is 10.9. The third kappa shape index (κ3) is 6.06. The summed E-state index contributed by atoms with van der Waals surface area (Å²) in [4.78, 5) is 5.89.